The van der Waals surface area contributed by atoms with Gasteiger partial charge in [0.25, 0.3) is 5.91 Å². The Balaban J connectivity index is 2.33. The van der Waals surface area contributed by atoms with Crippen molar-refractivity contribution in [3.8, 4) is 0 Å². The van der Waals surface area contributed by atoms with E-state index in [9.17, 15) is 4.79 Å². The number of pyridine rings is 1. The van der Waals surface area contributed by atoms with Gasteiger partial charge in [-0.1, -0.05) is 23.2 Å². The van der Waals surface area contributed by atoms with Crippen molar-refractivity contribution < 1.29 is 4.79 Å². The van der Waals surface area contributed by atoms with E-state index in [0.29, 0.717) is 11.4 Å². The summed E-state index contributed by atoms with van der Waals surface area (Å²) in [4.78, 5) is 15.9. The largest absolute Gasteiger partial charge is 0.398 e. The highest BCUT2D eigenvalue weighted by atomic mass is 35.5. The highest BCUT2D eigenvalue weighted by Crippen LogP contribution is 2.30. The van der Waals surface area contributed by atoms with Crippen LogP contribution < -0.4 is 11.1 Å². The lowest BCUT2D eigenvalue weighted by atomic mass is 10.2. The zero-order valence-electron chi connectivity index (χ0n) is 9.15. The second kappa shape index (κ2) is 5.25. The molecule has 0 saturated carbocycles. The number of carbonyl (C=O) groups excluding carboxylic acids is 1. The summed E-state index contributed by atoms with van der Waals surface area (Å²) < 4.78 is 0. The summed E-state index contributed by atoms with van der Waals surface area (Å²) in [6.07, 6.45) is 3.14. The predicted octanol–water partition coefficient (Wildman–Crippen LogP) is 3.22. The maximum Gasteiger partial charge on any atom is 0.258 e. The SMILES string of the molecule is Nc1ccc(Cl)c(C(=O)Nc2ccncc2)c1Cl. The van der Waals surface area contributed by atoms with Crippen molar-refractivity contribution in [1.29, 1.82) is 0 Å². The fourth-order valence-corrected chi connectivity index (χ4v) is 1.95. The lowest BCUT2D eigenvalue weighted by Crippen LogP contribution is -2.13. The number of nitrogen functional groups attached to an aromatic ring is 1. The van der Waals surface area contributed by atoms with Crippen molar-refractivity contribution in [2.45, 2.75) is 0 Å². The van der Waals surface area contributed by atoms with E-state index in [1.807, 2.05) is 0 Å². The molecule has 4 nitrogen and oxygen atoms in total. The molecule has 0 fully saturated rings. The highest BCUT2D eigenvalue weighted by Gasteiger charge is 2.16. The van der Waals surface area contributed by atoms with Crippen LogP contribution in [0.25, 0.3) is 0 Å². The van der Waals surface area contributed by atoms with Gasteiger partial charge in [0.1, 0.15) is 0 Å². The molecule has 3 N–H and O–H groups in total. The first-order valence-electron chi connectivity index (χ1n) is 5.04. The first kappa shape index (κ1) is 12.7. The number of nitrogens with one attached hydrogen (secondary N) is 1. The Morgan fingerprint density at radius 3 is 2.50 bits per heavy atom. The number of nitrogens with zero attached hydrogens (tertiary/aromatic N) is 1. The number of nitrogens with two attached hydrogens (primary N) is 1. The number of aromatic nitrogens is 1. The van der Waals surface area contributed by atoms with Crippen LogP contribution in [0, 0.1) is 0 Å². The van der Waals surface area contributed by atoms with Gasteiger partial charge >= 0.3 is 0 Å². The average Bonchev–Trinajstić information content (AvgIpc) is 2.36. The van der Waals surface area contributed by atoms with Gasteiger partial charge in [0.15, 0.2) is 0 Å². The molecule has 1 amide bonds. The van der Waals surface area contributed by atoms with Crippen molar-refractivity contribution in [2.75, 3.05) is 11.1 Å². The van der Waals surface area contributed by atoms with Gasteiger partial charge in [-0.15, -0.1) is 0 Å². The molecule has 0 radical (unpaired) electrons. The van der Waals surface area contributed by atoms with Gasteiger partial charge < -0.3 is 11.1 Å². The third-order valence-corrected chi connectivity index (χ3v) is 3.01. The van der Waals surface area contributed by atoms with Crippen molar-refractivity contribution in [3.05, 3.63) is 52.3 Å². The van der Waals surface area contributed by atoms with Gasteiger partial charge in [-0.2, -0.15) is 0 Å². The molecule has 1 heterocycles. The van der Waals surface area contributed by atoms with Gasteiger partial charge in [-0.25, -0.2) is 0 Å². The normalized spacial score (nSPS) is 10.1. The van der Waals surface area contributed by atoms with Gasteiger partial charge in [-0.3, -0.25) is 9.78 Å². The summed E-state index contributed by atoms with van der Waals surface area (Å²) in [5.74, 6) is -0.413. The molecule has 0 unspecified atom stereocenters. The Morgan fingerprint density at radius 1 is 1.17 bits per heavy atom. The summed E-state index contributed by atoms with van der Waals surface area (Å²) >= 11 is 11.9. The molecular weight excluding hydrogens is 273 g/mol. The van der Waals surface area contributed by atoms with E-state index in [-0.39, 0.29) is 15.6 Å². The van der Waals surface area contributed by atoms with Gasteiger partial charge in [0.2, 0.25) is 0 Å². The summed E-state index contributed by atoms with van der Waals surface area (Å²) in [6.45, 7) is 0. The minimum Gasteiger partial charge on any atom is -0.398 e. The lowest BCUT2D eigenvalue weighted by Gasteiger charge is -2.09. The van der Waals surface area contributed by atoms with Crippen LogP contribution in [0.4, 0.5) is 11.4 Å². The molecular formula is C12H9Cl2N3O. The molecule has 2 rings (SSSR count). The van der Waals surface area contributed by atoms with Crippen molar-refractivity contribution in [2.24, 2.45) is 0 Å². The van der Waals surface area contributed by atoms with Crippen molar-refractivity contribution in [1.82, 2.24) is 4.98 Å². The van der Waals surface area contributed by atoms with Gasteiger partial charge in [0.05, 0.1) is 21.3 Å². The number of benzene rings is 1. The van der Waals surface area contributed by atoms with Crippen LogP contribution in [0.5, 0.6) is 0 Å². The Bertz CT molecular complexity index is 587. The van der Waals surface area contributed by atoms with Crippen LogP contribution in [0.2, 0.25) is 10.0 Å². The monoisotopic (exact) mass is 281 g/mol. The number of hydrogen-bond donors (Lipinski definition) is 2. The molecule has 18 heavy (non-hydrogen) atoms. The van der Waals surface area contributed by atoms with Crippen LogP contribution in [0.3, 0.4) is 0 Å². The fraction of sp³-hybridized carbons (Fsp3) is 0. The van der Waals surface area contributed by atoms with Crippen molar-refractivity contribution in [3.63, 3.8) is 0 Å². The van der Waals surface area contributed by atoms with E-state index in [2.05, 4.69) is 10.3 Å². The maximum absolute atomic E-state index is 12.1. The number of amides is 1. The molecule has 0 bridgehead atoms. The van der Waals surface area contributed by atoms with Crippen LogP contribution in [-0.4, -0.2) is 10.9 Å². The molecule has 2 aromatic rings. The minimum absolute atomic E-state index is 0.147. The molecule has 0 aliphatic rings. The fourth-order valence-electron chi connectivity index (χ4n) is 1.41. The summed E-state index contributed by atoms with van der Waals surface area (Å²) in [5, 5.41) is 3.06. The topological polar surface area (TPSA) is 68.0 Å². The van der Waals surface area contributed by atoms with E-state index in [0.717, 1.165) is 0 Å². The standard InChI is InChI=1S/C12H9Cl2N3O/c13-8-1-2-9(15)11(14)10(8)12(18)17-7-3-5-16-6-4-7/h1-6H,15H2,(H,16,17,18). The first-order chi connectivity index (χ1) is 8.59. The van der Waals surface area contributed by atoms with E-state index >= 15 is 0 Å². The molecule has 6 heteroatoms. The molecule has 0 atom stereocenters. The Hall–Kier alpha value is -1.78. The zero-order chi connectivity index (χ0) is 13.1. The number of hydrogen-bond acceptors (Lipinski definition) is 3. The first-order valence-corrected chi connectivity index (χ1v) is 5.80. The molecule has 0 aliphatic carbocycles. The van der Waals surface area contributed by atoms with E-state index in [1.165, 1.54) is 6.07 Å². The quantitative estimate of drug-likeness (QED) is 0.831. The Kier molecular flexibility index (Phi) is 3.69. The Labute approximate surface area is 114 Å². The molecule has 92 valence electrons. The number of halogens is 2. The molecule has 0 spiro atoms. The number of carbonyl (C=O) groups is 1. The molecule has 1 aromatic carbocycles. The van der Waals surface area contributed by atoms with Crippen LogP contribution in [0.15, 0.2) is 36.7 Å². The minimum atomic E-state index is -0.413. The van der Waals surface area contributed by atoms with Crippen LogP contribution >= 0.6 is 23.2 Å². The molecule has 0 aliphatic heterocycles. The number of rotatable bonds is 2. The van der Waals surface area contributed by atoms with E-state index < -0.39 is 5.91 Å². The third kappa shape index (κ3) is 2.55. The van der Waals surface area contributed by atoms with Gasteiger partial charge in [-0.05, 0) is 24.3 Å². The smallest absolute Gasteiger partial charge is 0.258 e. The van der Waals surface area contributed by atoms with Crippen LogP contribution in [0.1, 0.15) is 10.4 Å². The highest BCUT2D eigenvalue weighted by molar-refractivity contribution is 6.41. The maximum atomic E-state index is 12.1. The summed E-state index contributed by atoms with van der Waals surface area (Å²) in [5.41, 5.74) is 6.71. The third-order valence-electron chi connectivity index (χ3n) is 2.29. The lowest BCUT2D eigenvalue weighted by molar-refractivity contribution is 0.102. The second-order valence-electron chi connectivity index (χ2n) is 3.52. The predicted molar refractivity (Wildman–Crippen MR) is 73.1 cm³/mol. The zero-order valence-corrected chi connectivity index (χ0v) is 10.7. The van der Waals surface area contributed by atoms with Crippen LogP contribution in [-0.2, 0) is 0 Å². The average molecular weight is 282 g/mol. The van der Waals surface area contributed by atoms with Crippen molar-refractivity contribution >= 4 is 40.5 Å². The molecule has 0 saturated heterocycles. The summed E-state index contributed by atoms with van der Waals surface area (Å²) in [7, 11) is 0. The Morgan fingerprint density at radius 2 is 1.83 bits per heavy atom. The van der Waals surface area contributed by atoms with E-state index in [1.54, 1.807) is 30.6 Å². The number of anilines is 2. The van der Waals surface area contributed by atoms with Gasteiger partial charge in [0, 0.05) is 18.1 Å². The van der Waals surface area contributed by atoms with E-state index in [4.69, 9.17) is 28.9 Å². The molecule has 1 aromatic heterocycles. The second-order valence-corrected chi connectivity index (χ2v) is 4.30. The summed E-state index contributed by atoms with van der Waals surface area (Å²) in [6, 6.07) is 6.40.